The first-order chi connectivity index (χ1) is 12.9. The summed E-state index contributed by atoms with van der Waals surface area (Å²) < 4.78 is 6.40. The van der Waals surface area contributed by atoms with Gasteiger partial charge in [0.25, 0.3) is 0 Å². The van der Waals surface area contributed by atoms with Crippen LogP contribution in [0.5, 0.6) is 0 Å². The van der Waals surface area contributed by atoms with Gasteiger partial charge in [0.15, 0.2) is 0 Å². The van der Waals surface area contributed by atoms with Crippen molar-refractivity contribution in [3.63, 3.8) is 0 Å². The molecule has 3 rings (SSSR count). The van der Waals surface area contributed by atoms with E-state index in [-0.39, 0.29) is 13.0 Å². The van der Waals surface area contributed by atoms with Crippen LogP contribution in [0, 0.1) is 0 Å². The average molecular weight is 383 g/mol. The highest BCUT2D eigenvalue weighted by Crippen LogP contribution is 2.30. The number of amides is 1. The molecule has 1 amide bonds. The Bertz CT molecular complexity index is 920. The summed E-state index contributed by atoms with van der Waals surface area (Å²) in [6, 6.07) is 19.2. The highest BCUT2D eigenvalue weighted by Gasteiger charge is 2.41. The molecule has 0 fully saturated rings. The maximum Gasteiger partial charge on any atom is 0.410 e. The van der Waals surface area contributed by atoms with E-state index in [1.54, 1.807) is 6.92 Å². The molecule has 0 aliphatic heterocycles. The smallest absolute Gasteiger partial charge is 0.410 e. The molecular weight excluding hydrogens is 362 g/mol. The Hall–Kier alpha value is -2.86. The minimum absolute atomic E-state index is 0.0998. The second kappa shape index (κ2) is 7.80. The van der Waals surface area contributed by atoms with Gasteiger partial charge in [-0.3, -0.25) is 4.90 Å². The molecule has 6 heteroatoms. The topological polar surface area (TPSA) is 66.8 Å². The van der Waals surface area contributed by atoms with Crippen LogP contribution in [0.1, 0.15) is 17.4 Å². The zero-order valence-corrected chi connectivity index (χ0v) is 16.0. The summed E-state index contributed by atoms with van der Waals surface area (Å²) in [4.78, 5) is 26.6. The van der Waals surface area contributed by atoms with Crippen LogP contribution < -0.4 is 0 Å². The second-order valence-corrected chi connectivity index (χ2v) is 7.77. The van der Waals surface area contributed by atoms with Gasteiger partial charge in [0.1, 0.15) is 12.1 Å². The van der Waals surface area contributed by atoms with E-state index in [0.717, 1.165) is 20.5 Å². The van der Waals surface area contributed by atoms with Gasteiger partial charge < -0.3 is 9.84 Å². The molecule has 0 saturated carbocycles. The molecule has 0 radical (unpaired) electrons. The summed E-state index contributed by atoms with van der Waals surface area (Å²) in [6.07, 6.45) is -0.455. The standard InChI is InChI=1S/C21H21NO4S/c1-21(19(23)24,13-17-12-16-10-6-7-11-18(16)27-17)22(2)20(25)26-14-15-8-4-3-5-9-15/h3-12H,13-14H2,1-2H3,(H,23,24)/t21-/m0/s1. The van der Waals surface area contributed by atoms with Crippen molar-refractivity contribution in [1.29, 1.82) is 0 Å². The average Bonchev–Trinajstić information content (AvgIpc) is 3.08. The molecule has 5 nitrogen and oxygen atoms in total. The van der Waals surface area contributed by atoms with Crippen LogP contribution in [0.3, 0.4) is 0 Å². The first-order valence-corrected chi connectivity index (χ1v) is 9.37. The number of likely N-dealkylation sites (N-methyl/N-ethyl adjacent to an activating group) is 1. The summed E-state index contributed by atoms with van der Waals surface area (Å²) >= 11 is 1.54. The number of carbonyl (C=O) groups excluding carboxylic acids is 1. The summed E-state index contributed by atoms with van der Waals surface area (Å²) in [7, 11) is 1.47. The molecule has 1 atom stereocenters. The van der Waals surface area contributed by atoms with Crippen LogP contribution in [0.2, 0.25) is 0 Å². The molecule has 1 heterocycles. The van der Waals surface area contributed by atoms with E-state index in [1.165, 1.54) is 23.3 Å². The number of nitrogens with zero attached hydrogens (tertiary/aromatic N) is 1. The number of carboxylic acid groups (broad SMARTS) is 1. The number of benzene rings is 2. The molecule has 0 unspecified atom stereocenters. The largest absolute Gasteiger partial charge is 0.479 e. The third-order valence-electron chi connectivity index (χ3n) is 4.68. The fourth-order valence-electron chi connectivity index (χ4n) is 2.82. The van der Waals surface area contributed by atoms with Crippen molar-refractivity contribution in [1.82, 2.24) is 4.90 Å². The third kappa shape index (κ3) is 4.11. The Morgan fingerprint density at radius 3 is 2.44 bits per heavy atom. The first-order valence-electron chi connectivity index (χ1n) is 8.55. The van der Waals surface area contributed by atoms with Crippen molar-refractivity contribution in [3.05, 3.63) is 71.1 Å². The zero-order valence-electron chi connectivity index (χ0n) is 15.2. The molecule has 3 aromatic rings. The number of thiophene rings is 1. The number of hydrogen-bond acceptors (Lipinski definition) is 4. The van der Waals surface area contributed by atoms with Crippen LogP contribution in [-0.4, -0.2) is 34.7 Å². The van der Waals surface area contributed by atoms with Crippen molar-refractivity contribution < 1.29 is 19.4 Å². The van der Waals surface area contributed by atoms with Gasteiger partial charge in [-0.05, 0) is 30.0 Å². The van der Waals surface area contributed by atoms with Crippen molar-refractivity contribution in [2.75, 3.05) is 7.05 Å². The lowest BCUT2D eigenvalue weighted by Gasteiger charge is -2.34. The minimum Gasteiger partial charge on any atom is -0.479 e. The fourth-order valence-corrected chi connectivity index (χ4v) is 4.03. The highest BCUT2D eigenvalue weighted by molar-refractivity contribution is 7.19. The Morgan fingerprint density at radius 1 is 1.11 bits per heavy atom. The van der Waals surface area contributed by atoms with Gasteiger partial charge in [0.2, 0.25) is 0 Å². The molecule has 0 saturated heterocycles. The molecule has 0 bridgehead atoms. The van der Waals surface area contributed by atoms with E-state index in [9.17, 15) is 14.7 Å². The number of fused-ring (bicyclic) bond motifs is 1. The first kappa shape index (κ1) is 18.9. The normalized spacial score (nSPS) is 13.1. The molecule has 0 aliphatic carbocycles. The quantitative estimate of drug-likeness (QED) is 0.678. The van der Waals surface area contributed by atoms with Gasteiger partial charge in [-0.25, -0.2) is 9.59 Å². The van der Waals surface area contributed by atoms with Gasteiger partial charge in [-0.2, -0.15) is 0 Å². The lowest BCUT2D eigenvalue weighted by atomic mass is 9.95. The van der Waals surface area contributed by atoms with E-state index < -0.39 is 17.6 Å². The summed E-state index contributed by atoms with van der Waals surface area (Å²) in [5, 5.41) is 10.9. The van der Waals surface area contributed by atoms with Crippen molar-refractivity contribution in [2.24, 2.45) is 0 Å². The van der Waals surface area contributed by atoms with E-state index in [0.29, 0.717) is 0 Å². The molecule has 0 spiro atoms. The number of ether oxygens (including phenoxy) is 1. The highest BCUT2D eigenvalue weighted by atomic mass is 32.1. The van der Waals surface area contributed by atoms with Crippen LogP contribution in [0.25, 0.3) is 10.1 Å². The zero-order chi connectivity index (χ0) is 19.4. The Kier molecular flexibility index (Phi) is 5.46. The molecule has 1 N–H and O–H groups in total. The van der Waals surface area contributed by atoms with Crippen LogP contribution >= 0.6 is 11.3 Å². The number of carbonyl (C=O) groups is 2. The predicted molar refractivity (Wildman–Crippen MR) is 106 cm³/mol. The second-order valence-electron chi connectivity index (χ2n) is 6.61. The summed E-state index contributed by atoms with van der Waals surface area (Å²) in [5.74, 6) is -1.07. The SMILES string of the molecule is CN(C(=O)OCc1ccccc1)[C@@](C)(Cc1cc2ccccc2s1)C(=O)O. The van der Waals surface area contributed by atoms with Gasteiger partial charge >= 0.3 is 12.1 Å². The van der Waals surface area contributed by atoms with Gasteiger partial charge in [-0.15, -0.1) is 11.3 Å². The number of hydrogen-bond donors (Lipinski definition) is 1. The molecule has 2 aromatic carbocycles. The van der Waals surface area contributed by atoms with Crippen molar-refractivity contribution >= 4 is 33.5 Å². The molecule has 0 aliphatic rings. The summed E-state index contributed by atoms with van der Waals surface area (Å²) in [6.45, 7) is 1.64. The van der Waals surface area contributed by atoms with Crippen LogP contribution in [0.4, 0.5) is 4.79 Å². The van der Waals surface area contributed by atoms with E-state index in [1.807, 2.05) is 60.7 Å². The predicted octanol–water partition coefficient (Wildman–Crippen LogP) is 4.56. The maximum atomic E-state index is 12.5. The fraction of sp³-hybridized carbons (Fsp3) is 0.238. The number of rotatable bonds is 6. The monoisotopic (exact) mass is 383 g/mol. The van der Waals surface area contributed by atoms with E-state index >= 15 is 0 Å². The lowest BCUT2D eigenvalue weighted by molar-refractivity contribution is -0.148. The summed E-state index contributed by atoms with van der Waals surface area (Å²) in [5.41, 5.74) is -0.560. The van der Waals surface area contributed by atoms with Crippen LogP contribution in [0.15, 0.2) is 60.7 Å². The van der Waals surface area contributed by atoms with Gasteiger partial charge in [0, 0.05) is 23.0 Å². The Morgan fingerprint density at radius 2 is 1.78 bits per heavy atom. The lowest BCUT2D eigenvalue weighted by Crippen LogP contribution is -2.54. The minimum atomic E-state index is -1.41. The number of aliphatic carboxylic acids is 1. The molecule has 140 valence electrons. The Labute approximate surface area is 161 Å². The molecular formula is C21H21NO4S. The molecule has 27 heavy (non-hydrogen) atoms. The third-order valence-corrected chi connectivity index (χ3v) is 5.79. The Balaban J connectivity index is 1.75. The maximum absolute atomic E-state index is 12.5. The van der Waals surface area contributed by atoms with E-state index in [2.05, 4.69) is 0 Å². The molecule has 1 aromatic heterocycles. The van der Waals surface area contributed by atoms with Crippen molar-refractivity contribution in [3.8, 4) is 0 Å². The number of carboxylic acids is 1. The van der Waals surface area contributed by atoms with Crippen molar-refractivity contribution in [2.45, 2.75) is 25.5 Å². The van der Waals surface area contributed by atoms with Crippen LogP contribution in [-0.2, 0) is 22.6 Å². The van der Waals surface area contributed by atoms with Gasteiger partial charge in [0.05, 0.1) is 0 Å². The van der Waals surface area contributed by atoms with E-state index in [4.69, 9.17) is 4.74 Å². The van der Waals surface area contributed by atoms with Gasteiger partial charge in [-0.1, -0.05) is 48.5 Å².